The standard InChI is InChI=1S/C13H9FN2O/c14-10-2-4-11(5-3-10)17-13-6-1-9(8-15)7-12(13)16/h1-7H,16H2. The maximum absolute atomic E-state index is 12.7. The third kappa shape index (κ3) is 2.52. The topological polar surface area (TPSA) is 59.0 Å². The van der Waals surface area contributed by atoms with Crippen molar-refractivity contribution in [3.63, 3.8) is 0 Å². The molecule has 3 nitrogen and oxygen atoms in total. The Balaban J connectivity index is 2.25. The van der Waals surface area contributed by atoms with Crippen LogP contribution < -0.4 is 10.5 Å². The number of hydrogen-bond acceptors (Lipinski definition) is 3. The summed E-state index contributed by atoms with van der Waals surface area (Å²) < 4.78 is 18.1. The lowest BCUT2D eigenvalue weighted by atomic mass is 10.2. The van der Waals surface area contributed by atoms with E-state index in [0.717, 1.165) is 0 Å². The average Bonchev–Trinajstić information content (AvgIpc) is 2.34. The number of rotatable bonds is 2. The van der Waals surface area contributed by atoms with E-state index < -0.39 is 0 Å². The quantitative estimate of drug-likeness (QED) is 0.803. The molecule has 2 rings (SSSR count). The molecule has 0 unspecified atom stereocenters. The minimum atomic E-state index is -0.329. The molecule has 0 amide bonds. The molecule has 4 heteroatoms. The molecule has 0 spiro atoms. The van der Waals surface area contributed by atoms with Gasteiger partial charge >= 0.3 is 0 Å². The molecule has 0 saturated heterocycles. The van der Waals surface area contributed by atoms with E-state index in [0.29, 0.717) is 22.7 Å². The molecule has 17 heavy (non-hydrogen) atoms. The van der Waals surface area contributed by atoms with Gasteiger partial charge in [0.1, 0.15) is 17.3 Å². The summed E-state index contributed by atoms with van der Waals surface area (Å²) in [6.45, 7) is 0. The highest BCUT2D eigenvalue weighted by Gasteiger charge is 2.03. The van der Waals surface area contributed by atoms with E-state index >= 15 is 0 Å². The Morgan fingerprint density at radius 1 is 1.12 bits per heavy atom. The maximum atomic E-state index is 12.7. The van der Waals surface area contributed by atoms with E-state index in [2.05, 4.69) is 0 Å². The lowest BCUT2D eigenvalue weighted by molar-refractivity contribution is 0.483. The van der Waals surface area contributed by atoms with E-state index in [1.54, 1.807) is 12.1 Å². The first-order valence-electron chi connectivity index (χ1n) is 4.92. The van der Waals surface area contributed by atoms with Gasteiger partial charge in [0.2, 0.25) is 0 Å². The van der Waals surface area contributed by atoms with Gasteiger partial charge in [-0.05, 0) is 42.5 Å². The third-order valence-corrected chi connectivity index (χ3v) is 2.18. The molecule has 0 aliphatic heterocycles. The molecule has 0 fully saturated rings. The van der Waals surface area contributed by atoms with Crippen LogP contribution >= 0.6 is 0 Å². The molecule has 2 aromatic rings. The van der Waals surface area contributed by atoms with Crippen LogP contribution in [0.25, 0.3) is 0 Å². The number of benzene rings is 2. The molecule has 0 aromatic heterocycles. The highest BCUT2D eigenvalue weighted by molar-refractivity contribution is 5.57. The fraction of sp³-hybridized carbons (Fsp3) is 0. The molecule has 0 aliphatic rings. The molecule has 2 N–H and O–H groups in total. The number of anilines is 1. The molecule has 0 radical (unpaired) electrons. The van der Waals surface area contributed by atoms with Crippen molar-refractivity contribution in [1.82, 2.24) is 0 Å². The van der Waals surface area contributed by atoms with E-state index in [1.165, 1.54) is 30.3 Å². The molecule has 0 atom stereocenters. The van der Waals surface area contributed by atoms with Crippen molar-refractivity contribution >= 4 is 5.69 Å². The number of nitrogen functional groups attached to an aromatic ring is 1. The first-order chi connectivity index (χ1) is 8.19. The summed E-state index contributed by atoms with van der Waals surface area (Å²) in [5.74, 6) is 0.601. The van der Waals surface area contributed by atoms with Crippen molar-refractivity contribution in [2.45, 2.75) is 0 Å². The van der Waals surface area contributed by atoms with Gasteiger partial charge in [-0.1, -0.05) is 0 Å². The van der Waals surface area contributed by atoms with Gasteiger partial charge in [0.25, 0.3) is 0 Å². The molecule has 2 aromatic carbocycles. The number of ether oxygens (including phenoxy) is 1. The predicted molar refractivity (Wildman–Crippen MR) is 62.0 cm³/mol. The second-order valence-electron chi connectivity index (χ2n) is 3.42. The highest BCUT2D eigenvalue weighted by Crippen LogP contribution is 2.28. The fourth-order valence-electron chi connectivity index (χ4n) is 1.34. The SMILES string of the molecule is N#Cc1ccc(Oc2ccc(F)cc2)c(N)c1. The Labute approximate surface area is 97.9 Å². The van der Waals surface area contributed by atoms with E-state index in [4.69, 9.17) is 15.7 Å². The third-order valence-electron chi connectivity index (χ3n) is 2.18. The van der Waals surface area contributed by atoms with E-state index in [9.17, 15) is 4.39 Å². The van der Waals surface area contributed by atoms with Gasteiger partial charge in [0.15, 0.2) is 0 Å². The van der Waals surface area contributed by atoms with Crippen molar-refractivity contribution in [3.05, 3.63) is 53.8 Å². The minimum Gasteiger partial charge on any atom is -0.455 e. The van der Waals surface area contributed by atoms with Gasteiger partial charge in [0, 0.05) is 0 Å². The predicted octanol–water partition coefficient (Wildman–Crippen LogP) is 3.07. The Morgan fingerprint density at radius 3 is 2.41 bits per heavy atom. The van der Waals surface area contributed by atoms with Gasteiger partial charge in [-0.25, -0.2) is 4.39 Å². The van der Waals surface area contributed by atoms with Gasteiger partial charge in [0.05, 0.1) is 17.3 Å². The molecule has 0 saturated carbocycles. The first-order valence-corrected chi connectivity index (χ1v) is 4.92. The second-order valence-corrected chi connectivity index (χ2v) is 3.42. The number of nitriles is 1. The van der Waals surface area contributed by atoms with Crippen molar-refractivity contribution in [3.8, 4) is 17.6 Å². The Bertz CT molecular complexity index is 573. The van der Waals surface area contributed by atoms with Gasteiger partial charge < -0.3 is 10.5 Å². The van der Waals surface area contributed by atoms with Crippen LogP contribution in [-0.2, 0) is 0 Å². The van der Waals surface area contributed by atoms with Crippen molar-refractivity contribution in [1.29, 1.82) is 5.26 Å². The number of hydrogen-bond donors (Lipinski definition) is 1. The summed E-state index contributed by atoms with van der Waals surface area (Å²) in [4.78, 5) is 0. The monoisotopic (exact) mass is 228 g/mol. The molecular weight excluding hydrogens is 219 g/mol. The fourth-order valence-corrected chi connectivity index (χ4v) is 1.34. The minimum absolute atomic E-state index is 0.329. The lowest BCUT2D eigenvalue weighted by Crippen LogP contribution is -1.92. The van der Waals surface area contributed by atoms with E-state index in [-0.39, 0.29) is 5.82 Å². The van der Waals surface area contributed by atoms with Crippen LogP contribution in [0.3, 0.4) is 0 Å². The zero-order valence-corrected chi connectivity index (χ0v) is 8.85. The lowest BCUT2D eigenvalue weighted by Gasteiger charge is -2.08. The summed E-state index contributed by atoms with van der Waals surface area (Å²) in [6, 6.07) is 12.3. The molecule has 0 aliphatic carbocycles. The molecule has 0 heterocycles. The molecule has 84 valence electrons. The Kier molecular flexibility index (Phi) is 2.93. The number of nitrogens with two attached hydrogens (primary N) is 1. The van der Waals surface area contributed by atoms with Crippen LogP contribution in [0.5, 0.6) is 11.5 Å². The first kappa shape index (κ1) is 11.0. The summed E-state index contributed by atoms with van der Waals surface area (Å²) >= 11 is 0. The summed E-state index contributed by atoms with van der Waals surface area (Å²) in [5.41, 5.74) is 6.56. The maximum Gasteiger partial charge on any atom is 0.150 e. The van der Waals surface area contributed by atoms with Crippen LogP contribution in [0.1, 0.15) is 5.56 Å². The largest absolute Gasteiger partial charge is 0.455 e. The van der Waals surface area contributed by atoms with E-state index in [1.807, 2.05) is 6.07 Å². The zero-order chi connectivity index (χ0) is 12.3. The highest BCUT2D eigenvalue weighted by atomic mass is 19.1. The molecular formula is C13H9FN2O. The van der Waals surface area contributed by atoms with Gasteiger partial charge in [-0.3, -0.25) is 0 Å². The summed E-state index contributed by atoms with van der Waals surface area (Å²) in [7, 11) is 0. The zero-order valence-electron chi connectivity index (χ0n) is 8.85. The van der Waals surface area contributed by atoms with Crippen molar-refractivity contribution in [2.75, 3.05) is 5.73 Å². The smallest absolute Gasteiger partial charge is 0.150 e. The summed E-state index contributed by atoms with van der Waals surface area (Å²) in [6.07, 6.45) is 0. The van der Waals surface area contributed by atoms with Crippen molar-refractivity contribution in [2.24, 2.45) is 0 Å². The van der Waals surface area contributed by atoms with Gasteiger partial charge in [-0.2, -0.15) is 5.26 Å². The van der Waals surface area contributed by atoms with Crippen LogP contribution in [0, 0.1) is 17.1 Å². The molecule has 0 bridgehead atoms. The van der Waals surface area contributed by atoms with Crippen LogP contribution in [-0.4, -0.2) is 0 Å². The number of nitrogens with zero attached hydrogens (tertiary/aromatic N) is 1. The Hall–Kier alpha value is -2.54. The van der Waals surface area contributed by atoms with Crippen LogP contribution in [0.15, 0.2) is 42.5 Å². The van der Waals surface area contributed by atoms with Gasteiger partial charge in [-0.15, -0.1) is 0 Å². The Morgan fingerprint density at radius 2 is 1.82 bits per heavy atom. The number of halogens is 1. The normalized spacial score (nSPS) is 9.65. The summed E-state index contributed by atoms with van der Waals surface area (Å²) in [5, 5.41) is 8.69. The van der Waals surface area contributed by atoms with Crippen LogP contribution in [0.4, 0.5) is 10.1 Å². The second kappa shape index (κ2) is 4.54. The average molecular weight is 228 g/mol. The van der Waals surface area contributed by atoms with Crippen LogP contribution in [0.2, 0.25) is 0 Å². The van der Waals surface area contributed by atoms with Crippen molar-refractivity contribution < 1.29 is 9.13 Å².